The van der Waals surface area contributed by atoms with Gasteiger partial charge in [-0.2, -0.15) is 0 Å². The third-order valence-corrected chi connectivity index (χ3v) is 3.51. The zero-order valence-electron chi connectivity index (χ0n) is 10.0. The molecule has 18 heavy (non-hydrogen) atoms. The van der Waals surface area contributed by atoms with Crippen LogP contribution < -0.4 is 5.32 Å². The normalized spacial score (nSPS) is 12.4. The van der Waals surface area contributed by atoms with Crippen LogP contribution in [-0.2, 0) is 6.54 Å². The molecule has 0 unspecified atom stereocenters. The lowest BCUT2D eigenvalue weighted by molar-refractivity contribution is 0.574. The van der Waals surface area contributed by atoms with Crippen LogP contribution in [0.4, 0.5) is 0 Å². The van der Waals surface area contributed by atoms with Gasteiger partial charge in [0.25, 0.3) is 0 Å². The highest BCUT2D eigenvalue weighted by atomic mass is 35.5. The first kappa shape index (κ1) is 13.3. The Labute approximate surface area is 117 Å². The molecule has 0 fully saturated rings. The molecule has 1 aromatic heterocycles. The van der Waals surface area contributed by atoms with Crippen molar-refractivity contribution in [2.45, 2.75) is 19.5 Å². The van der Waals surface area contributed by atoms with E-state index in [2.05, 4.69) is 17.2 Å². The van der Waals surface area contributed by atoms with Crippen LogP contribution >= 0.6 is 23.2 Å². The summed E-state index contributed by atoms with van der Waals surface area (Å²) in [5.41, 5.74) is 2.12. The van der Waals surface area contributed by atoms with Gasteiger partial charge >= 0.3 is 0 Å². The summed E-state index contributed by atoms with van der Waals surface area (Å²) >= 11 is 12.2. The average Bonchev–Trinajstić information content (AvgIpc) is 2.38. The number of rotatable bonds is 4. The highest BCUT2D eigenvalue weighted by Gasteiger charge is 2.09. The van der Waals surface area contributed by atoms with E-state index in [1.807, 2.05) is 30.3 Å². The monoisotopic (exact) mass is 280 g/mol. The molecule has 1 heterocycles. The molecular formula is C14H14Cl2N2. The second-order valence-electron chi connectivity index (χ2n) is 4.09. The number of nitrogens with zero attached hydrogens (tertiary/aromatic N) is 1. The lowest BCUT2D eigenvalue weighted by Crippen LogP contribution is -2.18. The molecule has 0 saturated heterocycles. The smallest absolute Gasteiger partial charge is 0.0634 e. The molecule has 0 bridgehead atoms. The Hall–Kier alpha value is -1.09. The van der Waals surface area contributed by atoms with Gasteiger partial charge < -0.3 is 5.32 Å². The molecule has 0 aliphatic heterocycles. The fourth-order valence-corrected chi connectivity index (χ4v) is 2.23. The zero-order valence-corrected chi connectivity index (χ0v) is 11.5. The van der Waals surface area contributed by atoms with Crippen molar-refractivity contribution in [3.63, 3.8) is 0 Å². The second-order valence-corrected chi connectivity index (χ2v) is 4.91. The second kappa shape index (κ2) is 6.19. The molecule has 1 atom stereocenters. The van der Waals surface area contributed by atoms with Gasteiger partial charge in [-0.05, 0) is 30.2 Å². The molecule has 94 valence electrons. The topological polar surface area (TPSA) is 24.9 Å². The highest BCUT2D eigenvalue weighted by molar-refractivity contribution is 6.31. The van der Waals surface area contributed by atoms with Crippen molar-refractivity contribution in [3.8, 4) is 0 Å². The van der Waals surface area contributed by atoms with E-state index in [0.717, 1.165) is 16.1 Å². The first-order valence-corrected chi connectivity index (χ1v) is 6.50. The van der Waals surface area contributed by atoms with Crippen LogP contribution in [0.3, 0.4) is 0 Å². The van der Waals surface area contributed by atoms with Gasteiger partial charge in [0.1, 0.15) is 0 Å². The molecule has 2 aromatic rings. The summed E-state index contributed by atoms with van der Waals surface area (Å²) in [6.45, 7) is 2.77. The van der Waals surface area contributed by atoms with Crippen LogP contribution in [0.1, 0.15) is 24.1 Å². The minimum atomic E-state index is 0.169. The fraction of sp³-hybridized carbons (Fsp3) is 0.214. The number of hydrogen-bond acceptors (Lipinski definition) is 2. The quantitative estimate of drug-likeness (QED) is 0.906. The van der Waals surface area contributed by atoms with Crippen LogP contribution in [0.5, 0.6) is 0 Å². The summed E-state index contributed by atoms with van der Waals surface area (Å²) in [4.78, 5) is 3.96. The molecular weight excluding hydrogens is 267 g/mol. The number of hydrogen-bond donors (Lipinski definition) is 1. The average molecular weight is 281 g/mol. The number of nitrogens with one attached hydrogen (secondary N) is 1. The van der Waals surface area contributed by atoms with E-state index < -0.39 is 0 Å². The largest absolute Gasteiger partial charge is 0.306 e. The summed E-state index contributed by atoms with van der Waals surface area (Å²) in [6, 6.07) is 9.91. The maximum absolute atomic E-state index is 6.16. The van der Waals surface area contributed by atoms with Crippen molar-refractivity contribution in [2.24, 2.45) is 0 Å². The first-order chi connectivity index (χ1) is 8.68. The molecule has 0 radical (unpaired) electrons. The lowest BCUT2D eigenvalue weighted by atomic mass is 10.1. The van der Waals surface area contributed by atoms with Crippen molar-refractivity contribution in [1.82, 2.24) is 10.3 Å². The predicted octanol–water partition coefficient (Wildman–Crippen LogP) is 4.24. The SMILES string of the molecule is C[C@H](NCc1ccncc1Cl)c1ccccc1Cl. The fourth-order valence-electron chi connectivity index (χ4n) is 1.75. The van der Waals surface area contributed by atoms with Gasteiger partial charge in [0.05, 0.1) is 5.02 Å². The van der Waals surface area contributed by atoms with E-state index in [1.54, 1.807) is 12.4 Å². The molecule has 0 saturated carbocycles. The van der Waals surface area contributed by atoms with E-state index in [9.17, 15) is 0 Å². The van der Waals surface area contributed by atoms with Gasteiger partial charge in [-0.1, -0.05) is 41.4 Å². The van der Waals surface area contributed by atoms with E-state index in [4.69, 9.17) is 23.2 Å². The first-order valence-electron chi connectivity index (χ1n) is 5.74. The molecule has 2 rings (SSSR count). The third-order valence-electron chi connectivity index (χ3n) is 2.83. The van der Waals surface area contributed by atoms with E-state index >= 15 is 0 Å². The highest BCUT2D eigenvalue weighted by Crippen LogP contribution is 2.23. The van der Waals surface area contributed by atoms with Crippen molar-refractivity contribution in [1.29, 1.82) is 0 Å². The molecule has 2 nitrogen and oxygen atoms in total. The Bertz CT molecular complexity index is 529. The molecule has 1 N–H and O–H groups in total. The minimum absolute atomic E-state index is 0.169. The number of halogens is 2. The predicted molar refractivity (Wildman–Crippen MR) is 76.0 cm³/mol. The number of pyridine rings is 1. The Kier molecular flexibility index (Phi) is 4.59. The molecule has 0 amide bonds. The van der Waals surface area contributed by atoms with Crippen LogP contribution in [-0.4, -0.2) is 4.98 Å². The summed E-state index contributed by atoms with van der Waals surface area (Å²) in [5, 5.41) is 4.85. The van der Waals surface area contributed by atoms with Gasteiger partial charge in [-0.3, -0.25) is 4.98 Å². The Balaban J connectivity index is 2.03. The standard InChI is InChI=1S/C14H14Cl2N2/c1-10(12-4-2-3-5-13(12)15)18-8-11-6-7-17-9-14(11)16/h2-7,9-10,18H,8H2,1H3/t10-/m0/s1. The number of aromatic nitrogens is 1. The van der Waals surface area contributed by atoms with Crippen LogP contribution in [0.15, 0.2) is 42.7 Å². The lowest BCUT2D eigenvalue weighted by Gasteiger charge is -2.16. The van der Waals surface area contributed by atoms with Crippen LogP contribution in [0, 0.1) is 0 Å². The minimum Gasteiger partial charge on any atom is -0.306 e. The van der Waals surface area contributed by atoms with Crippen molar-refractivity contribution >= 4 is 23.2 Å². The zero-order chi connectivity index (χ0) is 13.0. The van der Waals surface area contributed by atoms with Crippen molar-refractivity contribution in [3.05, 3.63) is 63.9 Å². The van der Waals surface area contributed by atoms with Gasteiger partial charge in [0, 0.05) is 30.0 Å². The van der Waals surface area contributed by atoms with E-state index in [1.165, 1.54) is 0 Å². The summed E-state index contributed by atoms with van der Waals surface area (Å²) in [7, 11) is 0. The Morgan fingerprint density at radius 3 is 2.67 bits per heavy atom. The van der Waals surface area contributed by atoms with Crippen LogP contribution in [0.25, 0.3) is 0 Å². The van der Waals surface area contributed by atoms with Gasteiger partial charge in [-0.25, -0.2) is 0 Å². The van der Waals surface area contributed by atoms with E-state index in [0.29, 0.717) is 11.6 Å². The number of benzene rings is 1. The Morgan fingerprint density at radius 1 is 1.17 bits per heavy atom. The summed E-state index contributed by atoms with van der Waals surface area (Å²) in [5.74, 6) is 0. The van der Waals surface area contributed by atoms with Crippen molar-refractivity contribution in [2.75, 3.05) is 0 Å². The molecule has 1 aromatic carbocycles. The summed E-state index contributed by atoms with van der Waals surface area (Å²) in [6.07, 6.45) is 3.39. The maximum Gasteiger partial charge on any atom is 0.0634 e. The third kappa shape index (κ3) is 3.22. The summed E-state index contributed by atoms with van der Waals surface area (Å²) < 4.78 is 0. The van der Waals surface area contributed by atoms with Gasteiger partial charge in [0.2, 0.25) is 0 Å². The van der Waals surface area contributed by atoms with Crippen LogP contribution in [0.2, 0.25) is 10.0 Å². The van der Waals surface area contributed by atoms with Gasteiger partial charge in [0.15, 0.2) is 0 Å². The van der Waals surface area contributed by atoms with Crippen molar-refractivity contribution < 1.29 is 0 Å². The maximum atomic E-state index is 6.16. The van der Waals surface area contributed by atoms with Gasteiger partial charge in [-0.15, -0.1) is 0 Å². The molecule has 0 aliphatic rings. The molecule has 0 spiro atoms. The Morgan fingerprint density at radius 2 is 1.94 bits per heavy atom. The molecule has 4 heteroatoms. The van der Waals surface area contributed by atoms with E-state index in [-0.39, 0.29) is 6.04 Å². The molecule has 0 aliphatic carbocycles.